The van der Waals surface area contributed by atoms with Crippen molar-refractivity contribution in [1.29, 1.82) is 0 Å². The Bertz CT molecular complexity index is 3870. The molecule has 2 saturated heterocycles. The Morgan fingerprint density at radius 2 is 1.11 bits per heavy atom. The molecule has 8 heterocycles. The molecule has 6 fully saturated rings. The van der Waals surface area contributed by atoms with Gasteiger partial charge in [-0.25, -0.2) is 29.9 Å². The minimum absolute atomic E-state index is 0. The van der Waals surface area contributed by atoms with Crippen LogP contribution in [0.25, 0.3) is 44.1 Å². The smallest absolute Gasteiger partial charge is 0.325 e. The van der Waals surface area contributed by atoms with E-state index in [1.54, 1.807) is 40.4 Å². The van der Waals surface area contributed by atoms with E-state index in [9.17, 15) is 28.8 Å². The second-order valence-electron chi connectivity index (χ2n) is 21.3. The Kier molecular flexibility index (Phi) is 19.6. The van der Waals surface area contributed by atoms with E-state index in [0.717, 1.165) is 72.4 Å². The average molecular weight is 1360 g/mol. The average Bonchev–Trinajstić information content (AvgIpc) is 2.02. The predicted octanol–water partition coefficient (Wildman–Crippen LogP) is 7.87. The van der Waals surface area contributed by atoms with Crippen molar-refractivity contribution in [3.05, 3.63) is 118 Å². The third kappa shape index (κ3) is 14.4. The summed E-state index contributed by atoms with van der Waals surface area (Å²) in [5, 5.41) is 27.9. The summed E-state index contributed by atoms with van der Waals surface area (Å²) in [6.45, 7) is 2.52. The number of benzene rings is 2. The highest BCUT2D eigenvalue weighted by atomic mass is 79.9. The zero-order valence-corrected chi connectivity index (χ0v) is 52.1. The highest BCUT2D eigenvalue weighted by molar-refractivity contribution is 9.10. The van der Waals surface area contributed by atoms with Crippen molar-refractivity contribution < 1.29 is 33.9 Å². The van der Waals surface area contributed by atoms with Crippen molar-refractivity contribution in [3.63, 3.8) is 0 Å². The maximum Gasteiger partial charge on any atom is 0.325 e. The third-order valence-corrected chi connectivity index (χ3v) is 16.0. The molecule has 4 N–H and O–H groups in total. The van der Waals surface area contributed by atoms with E-state index < -0.39 is 12.0 Å². The Labute approximate surface area is 526 Å². The molecule has 2 aliphatic heterocycles. The maximum absolute atomic E-state index is 13.6. The fourth-order valence-electron chi connectivity index (χ4n) is 10.7. The van der Waals surface area contributed by atoms with Gasteiger partial charge in [0.2, 0.25) is 17.7 Å². The quantitative estimate of drug-likeness (QED) is 0.0753. The maximum atomic E-state index is 13.6. The number of Topliss-reactive ketones (excluding diaryl/α,β-unsaturated/α-hetero) is 2. The van der Waals surface area contributed by atoms with Gasteiger partial charge in [0.15, 0.2) is 23.2 Å². The number of halogens is 3. The number of carbonyl (C=O) groups excluding carboxylic acids is 5. The molecule has 3 amide bonds. The summed E-state index contributed by atoms with van der Waals surface area (Å²) in [6, 6.07) is 11.1. The van der Waals surface area contributed by atoms with Crippen LogP contribution in [0.1, 0.15) is 110 Å². The largest absolute Gasteiger partial charge is 0.480 e. The van der Waals surface area contributed by atoms with Gasteiger partial charge in [0.1, 0.15) is 51.4 Å². The van der Waals surface area contributed by atoms with Gasteiger partial charge in [0.25, 0.3) is 0 Å². The number of aromatic nitrogens is 12. The summed E-state index contributed by atoms with van der Waals surface area (Å²) in [5.41, 5.74) is 5.31. The van der Waals surface area contributed by atoms with Gasteiger partial charge >= 0.3 is 5.97 Å². The molecule has 0 unspecified atom stereocenters. The topological polar surface area (TPSA) is 301 Å². The molecule has 6 aliphatic rings. The van der Waals surface area contributed by atoms with E-state index in [2.05, 4.69) is 120 Å². The molecule has 14 rings (SSSR count). The van der Waals surface area contributed by atoms with E-state index in [-0.39, 0.29) is 86.1 Å². The van der Waals surface area contributed by atoms with Gasteiger partial charge in [0, 0.05) is 107 Å². The van der Waals surface area contributed by atoms with Crippen molar-refractivity contribution in [1.82, 2.24) is 69.6 Å². The standard InChI is InChI=1S/C28H25BrN8O3.C18H16N4O3.C10H11BrN4O.ClH.S2.H2S/c1-14(38)26-19-6-16(18-9-31-27(32-10-18)15-2-3-15)4-5-20(19)36(35-26)13-25(39)37-21-7-17(21)8-22(37)28(40)34-24-12-30-11-23(29)33-24;1-10(23)17-14-6-12(4-5-15(14)22(21-17)9-16(24)25)13-7-19-18(20-8-13)11-2-3-11;11-8-3-12-4-9(14-8)15-10(16)7-2-5-1-6(5)13-7;;1-2;/h4-6,9-12,15,17,21-22H,2-3,7-8,13H2,1H3,(H,33,34,40);4-8,11H,2-3,9H2,1H3,(H,24,25);3-7,13H,1-2H2,(H,14,15,16);1H;;1H2/t17-,21-,22+;;5-,6-,7+;;;/m1.1.../s1. The van der Waals surface area contributed by atoms with E-state index >= 15 is 0 Å². The highest BCUT2D eigenvalue weighted by Gasteiger charge is 2.56. The van der Waals surface area contributed by atoms with Gasteiger partial charge in [-0.15, -0.1) is 12.4 Å². The molecular weight excluding hydrogens is 1300 g/mol. The van der Waals surface area contributed by atoms with Crippen LogP contribution in [0, 0.1) is 11.8 Å². The van der Waals surface area contributed by atoms with Crippen molar-refractivity contribution >= 4 is 149 Å². The Balaban J connectivity index is 0.000000164. The van der Waals surface area contributed by atoms with Crippen molar-refractivity contribution in [2.75, 3.05) is 10.6 Å². The number of carbonyl (C=O) groups is 6. The number of hydrogen-bond acceptors (Lipinski definition) is 19. The molecule has 8 aromatic rings. The van der Waals surface area contributed by atoms with E-state index in [1.165, 1.54) is 37.3 Å². The fourth-order valence-corrected chi connectivity index (χ4v) is 11.3. The number of carboxylic acid groups (broad SMARTS) is 1. The Morgan fingerprint density at radius 1 is 0.624 bits per heavy atom. The predicted molar refractivity (Wildman–Crippen MR) is 333 cm³/mol. The van der Waals surface area contributed by atoms with Crippen LogP contribution < -0.4 is 16.0 Å². The molecule has 440 valence electrons. The summed E-state index contributed by atoms with van der Waals surface area (Å²) in [6.07, 6.45) is 21.5. The monoisotopic (exact) mass is 1350 g/mol. The lowest BCUT2D eigenvalue weighted by atomic mass is 10.0. The molecule has 2 aromatic carbocycles. The summed E-state index contributed by atoms with van der Waals surface area (Å²) < 4.78 is 4.03. The fraction of sp³-hybridized carbons (Fsp3) is 0.357. The van der Waals surface area contributed by atoms with Crippen LogP contribution in [0.15, 0.2) is 95.2 Å². The van der Waals surface area contributed by atoms with Crippen LogP contribution in [0.5, 0.6) is 0 Å². The summed E-state index contributed by atoms with van der Waals surface area (Å²) in [7, 11) is 0. The molecule has 85 heavy (non-hydrogen) atoms. The van der Waals surface area contributed by atoms with Crippen LogP contribution >= 0.6 is 57.8 Å². The van der Waals surface area contributed by atoms with E-state index in [1.807, 2.05) is 42.7 Å². The first kappa shape index (κ1) is 62.5. The highest BCUT2D eigenvalue weighted by Crippen LogP contribution is 2.48. The number of carboxylic acids is 1. The minimum Gasteiger partial charge on any atom is -0.480 e. The Morgan fingerprint density at radius 3 is 1.54 bits per heavy atom. The summed E-state index contributed by atoms with van der Waals surface area (Å²) in [5.74, 6) is 2.63. The zero-order valence-electron chi connectivity index (χ0n) is 45.5. The molecule has 0 radical (unpaired) electrons. The molecule has 4 aliphatic carbocycles. The second-order valence-corrected chi connectivity index (χ2v) is 22.9. The number of rotatable bonds is 14. The van der Waals surface area contributed by atoms with Gasteiger partial charge in [-0.3, -0.25) is 48.1 Å². The molecule has 6 aromatic heterocycles. The normalized spacial score (nSPS) is 20.0. The van der Waals surface area contributed by atoms with Crippen LogP contribution in [-0.4, -0.2) is 129 Å². The number of piperidine rings is 2. The van der Waals surface area contributed by atoms with Crippen LogP contribution in [0.3, 0.4) is 0 Å². The lowest BCUT2D eigenvalue weighted by Gasteiger charge is -2.26. The number of anilines is 2. The van der Waals surface area contributed by atoms with Crippen LogP contribution in [0.2, 0.25) is 0 Å². The van der Waals surface area contributed by atoms with Crippen molar-refractivity contribution in [3.8, 4) is 22.3 Å². The number of ketones is 2. The number of amides is 3. The third-order valence-electron chi connectivity index (χ3n) is 15.2. The van der Waals surface area contributed by atoms with Crippen LogP contribution in [0.4, 0.5) is 11.6 Å². The first-order valence-electron chi connectivity index (χ1n) is 26.8. The first-order chi connectivity index (χ1) is 40.1. The van der Waals surface area contributed by atoms with Crippen LogP contribution in [-0.2, 0) is 54.6 Å². The lowest BCUT2D eigenvalue weighted by Crippen LogP contribution is -2.46. The molecule has 23 nitrogen and oxygen atoms in total. The molecule has 29 heteroatoms. The number of likely N-dealkylation sites (tertiary alicyclic amines) is 1. The summed E-state index contributed by atoms with van der Waals surface area (Å²) in [4.78, 5) is 110. The molecule has 4 saturated carbocycles. The minimum atomic E-state index is -1.01. The summed E-state index contributed by atoms with van der Waals surface area (Å²) >= 11 is 13.8. The van der Waals surface area contributed by atoms with Crippen molar-refractivity contribution in [2.24, 2.45) is 11.8 Å². The molecule has 0 bridgehead atoms. The van der Waals surface area contributed by atoms with Gasteiger partial charge in [-0.2, -0.15) is 23.7 Å². The van der Waals surface area contributed by atoms with Gasteiger partial charge < -0.3 is 26.0 Å². The van der Waals surface area contributed by atoms with Gasteiger partial charge in [-0.05, 0) is 130 Å². The molecular formula is C56H55Br2ClN16O7S3. The first-order valence-corrected chi connectivity index (χ1v) is 29.7. The van der Waals surface area contributed by atoms with E-state index in [0.29, 0.717) is 84.5 Å². The number of fused-ring (bicyclic) bond motifs is 4. The molecule has 0 spiro atoms. The zero-order chi connectivity index (χ0) is 58.2. The number of nitrogens with zero attached hydrogens (tertiary/aromatic N) is 13. The van der Waals surface area contributed by atoms with Crippen molar-refractivity contribution in [2.45, 2.75) is 114 Å². The SMILES string of the molecule is CC(=O)c1nn(CC(=O)N2[C@@H]3C[C@@H]3C[C@H]2C(=O)Nc2cncc(Br)n2)c2ccc(-c3cnc(C4CC4)nc3)cc12.CC(=O)c1nn(CC(=O)O)c2ccc(-c3cnc(C4CC4)nc3)cc12.Cl.O=C(Nc1cncc(Br)n1)[C@@H]1C[C@H]2C[C@H]2N1.S.S=S. The van der Waals surface area contributed by atoms with Gasteiger partial charge in [-0.1, -0.05) is 12.1 Å². The number of aliphatic carboxylic acids is 1. The second kappa shape index (κ2) is 26.7. The van der Waals surface area contributed by atoms with E-state index in [4.69, 9.17) is 5.11 Å². The van der Waals surface area contributed by atoms with Gasteiger partial charge in [0.05, 0.1) is 41.9 Å². The number of nitrogens with one attached hydrogen (secondary N) is 3. The lowest BCUT2D eigenvalue weighted by molar-refractivity contribution is -0.138. The molecule has 6 atom stereocenters. The Hall–Kier alpha value is -7.08. The number of hydrogen-bond donors (Lipinski definition) is 4.